The molecule has 0 saturated carbocycles. The Bertz CT molecular complexity index is 1090. The Kier molecular flexibility index (Phi) is 5.70. The van der Waals surface area contributed by atoms with E-state index in [2.05, 4.69) is 19.9 Å². The minimum Gasteiger partial charge on any atom is -0.260 e. The summed E-state index contributed by atoms with van der Waals surface area (Å²) in [6, 6.07) is 29.8. The van der Waals surface area contributed by atoms with Crippen molar-refractivity contribution in [2.24, 2.45) is 0 Å². The minimum atomic E-state index is -0.175. The highest BCUT2D eigenvalue weighted by atomic mass is 14.8. The van der Waals surface area contributed by atoms with Crippen molar-refractivity contribution in [3.05, 3.63) is 150 Å². The first kappa shape index (κ1) is 19.7. The molecule has 5 rings (SSSR count). The molecule has 5 aromatic rings. The second-order valence-electron chi connectivity index (χ2n) is 7.37. The third-order valence-electron chi connectivity index (χ3n) is 5.32. The van der Waals surface area contributed by atoms with E-state index in [1.54, 1.807) is 24.8 Å². The lowest BCUT2D eigenvalue weighted by atomic mass is 9.92. The van der Waals surface area contributed by atoms with E-state index in [9.17, 15) is 0 Å². The normalized spacial score (nSPS) is 11.1. The van der Waals surface area contributed by atoms with Crippen molar-refractivity contribution in [3.63, 3.8) is 0 Å². The van der Waals surface area contributed by atoms with Gasteiger partial charge in [-0.05, 0) is 60.7 Å². The molecule has 0 radical (unpaired) electrons. The lowest BCUT2D eigenvalue weighted by molar-refractivity contribution is 0.791. The first-order valence-electron chi connectivity index (χ1n) is 10.5. The molecule has 0 aromatic carbocycles. The maximum atomic E-state index is 5.12. The largest absolute Gasteiger partial charge is 0.260 e. The van der Waals surface area contributed by atoms with Crippen LogP contribution in [0.3, 0.4) is 0 Å². The summed E-state index contributed by atoms with van der Waals surface area (Å²) in [6.07, 6.45) is 7.22. The van der Waals surface area contributed by atoms with Gasteiger partial charge in [0, 0.05) is 24.8 Å². The Morgan fingerprint density at radius 3 is 0.938 bits per heavy atom. The van der Waals surface area contributed by atoms with Gasteiger partial charge in [0.15, 0.2) is 0 Å². The average molecular weight is 416 g/mol. The van der Waals surface area contributed by atoms with E-state index in [1.807, 2.05) is 91.0 Å². The summed E-state index contributed by atoms with van der Waals surface area (Å²) in [4.78, 5) is 23.6. The van der Waals surface area contributed by atoms with Crippen LogP contribution in [0.25, 0.3) is 0 Å². The fourth-order valence-corrected chi connectivity index (χ4v) is 3.89. The molecule has 5 heterocycles. The van der Waals surface area contributed by atoms with Crippen molar-refractivity contribution < 1.29 is 0 Å². The predicted octanol–water partition coefficient (Wildman–Crippen LogP) is 5.02. The summed E-state index contributed by atoms with van der Waals surface area (Å²) in [6.45, 7) is 0. The highest BCUT2D eigenvalue weighted by Gasteiger charge is 2.25. The summed E-state index contributed by atoms with van der Waals surface area (Å²) in [7, 11) is 0. The number of hydrogen-bond acceptors (Lipinski definition) is 5. The Hall–Kier alpha value is -4.25. The average Bonchev–Trinajstić information content (AvgIpc) is 2.87. The molecule has 0 atom stereocenters. The van der Waals surface area contributed by atoms with Crippen LogP contribution in [0.5, 0.6) is 0 Å². The van der Waals surface area contributed by atoms with Crippen molar-refractivity contribution in [2.45, 2.75) is 11.8 Å². The maximum Gasteiger partial charge on any atom is 0.0858 e. The summed E-state index contributed by atoms with van der Waals surface area (Å²) in [5, 5.41) is 0. The van der Waals surface area contributed by atoms with Gasteiger partial charge in [-0.25, -0.2) is 0 Å². The molecule has 0 aliphatic heterocycles. The van der Waals surface area contributed by atoms with Crippen LogP contribution in [0, 0.1) is 0 Å². The molecule has 0 fully saturated rings. The first-order chi connectivity index (χ1) is 15.9. The summed E-state index contributed by atoms with van der Waals surface area (Å²) < 4.78 is 0. The van der Waals surface area contributed by atoms with E-state index >= 15 is 0 Å². The summed E-state index contributed by atoms with van der Waals surface area (Å²) in [5.41, 5.74) is 5.39. The molecule has 154 valence electrons. The molecule has 0 amide bonds. The van der Waals surface area contributed by atoms with E-state index in [1.165, 1.54) is 0 Å². The molecule has 0 N–H and O–H groups in total. The third-order valence-corrected chi connectivity index (χ3v) is 5.32. The van der Waals surface area contributed by atoms with Gasteiger partial charge in [-0.15, -0.1) is 0 Å². The fourth-order valence-electron chi connectivity index (χ4n) is 3.89. The van der Waals surface area contributed by atoms with Crippen molar-refractivity contribution in [2.75, 3.05) is 0 Å². The predicted molar refractivity (Wildman–Crippen MR) is 123 cm³/mol. The molecule has 0 unspecified atom stereocenters. The smallest absolute Gasteiger partial charge is 0.0858 e. The van der Waals surface area contributed by atoms with E-state index < -0.39 is 0 Å². The zero-order chi connectivity index (χ0) is 21.6. The van der Waals surface area contributed by atoms with Gasteiger partial charge in [-0.1, -0.05) is 30.3 Å². The first-order valence-corrected chi connectivity index (χ1v) is 10.5. The molecule has 0 bridgehead atoms. The van der Waals surface area contributed by atoms with Crippen LogP contribution in [0.1, 0.15) is 46.0 Å². The molecule has 0 aliphatic rings. The second kappa shape index (κ2) is 9.27. The van der Waals surface area contributed by atoms with Gasteiger partial charge in [0.05, 0.1) is 46.0 Å². The number of rotatable bonds is 6. The highest BCUT2D eigenvalue weighted by molar-refractivity contribution is 5.38. The molecule has 0 spiro atoms. The fraction of sp³-hybridized carbons (Fsp3) is 0.0741. The van der Waals surface area contributed by atoms with Crippen LogP contribution in [0.2, 0.25) is 0 Å². The topological polar surface area (TPSA) is 64.5 Å². The van der Waals surface area contributed by atoms with Gasteiger partial charge in [-0.3, -0.25) is 24.9 Å². The van der Waals surface area contributed by atoms with Crippen LogP contribution in [-0.4, -0.2) is 24.9 Å². The molecular weight excluding hydrogens is 394 g/mol. The van der Waals surface area contributed by atoms with E-state index in [-0.39, 0.29) is 11.8 Å². The van der Waals surface area contributed by atoms with E-state index in [0.717, 1.165) is 34.2 Å². The SMILES string of the molecule is c1ccc(C(c2ccccn2)c2cccc(C(c3ccccn3)c3ccccn3)n2)nc1. The number of aromatic nitrogens is 5. The molecule has 5 nitrogen and oxygen atoms in total. The highest BCUT2D eigenvalue weighted by Crippen LogP contribution is 2.32. The summed E-state index contributed by atoms with van der Waals surface area (Å²) >= 11 is 0. The second-order valence-corrected chi connectivity index (χ2v) is 7.37. The van der Waals surface area contributed by atoms with Crippen LogP contribution in [0.15, 0.2) is 116 Å². The van der Waals surface area contributed by atoms with Crippen LogP contribution >= 0.6 is 0 Å². The lowest BCUT2D eigenvalue weighted by Gasteiger charge is -2.20. The maximum absolute atomic E-state index is 5.12. The van der Waals surface area contributed by atoms with Crippen LogP contribution in [0.4, 0.5) is 0 Å². The molecule has 5 aromatic heterocycles. The third kappa shape index (κ3) is 4.14. The monoisotopic (exact) mass is 415 g/mol. The molecule has 32 heavy (non-hydrogen) atoms. The minimum absolute atomic E-state index is 0.175. The molecule has 0 aliphatic carbocycles. The standard InChI is InChI=1S/C27H21N5/c1-5-16-28-20(10-1)26(21-11-2-6-17-29-21)24-14-9-15-25(32-24)27(22-12-3-7-18-30-22)23-13-4-8-19-31-23/h1-19,26-27H. The van der Waals surface area contributed by atoms with E-state index in [4.69, 9.17) is 4.98 Å². The Labute approximate surface area is 186 Å². The Balaban J connectivity index is 1.65. The van der Waals surface area contributed by atoms with Crippen LogP contribution in [-0.2, 0) is 0 Å². The van der Waals surface area contributed by atoms with E-state index in [0.29, 0.717) is 0 Å². The lowest BCUT2D eigenvalue weighted by Crippen LogP contribution is -2.13. The van der Waals surface area contributed by atoms with Crippen molar-refractivity contribution in [3.8, 4) is 0 Å². The summed E-state index contributed by atoms with van der Waals surface area (Å²) in [5.74, 6) is -0.351. The molecule has 5 heteroatoms. The molecule has 0 saturated heterocycles. The Morgan fingerprint density at radius 1 is 0.344 bits per heavy atom. The number of hydrogen-bond donors (Lipinski definition) is 0. The number of nitrogens with zero attached hydrogens (tertiary/aromatic N) is 5. The number of pyridine rings is 5. The van der Waals surface area contributed by atoms with Gasteiger partial charge in [0.2, 0.25) is 0 Å². The quantitative estimate of drug-likeness (QED) is 0.390. The van der Waals surface area contributed by atoms with Crippen molar-refractivity contribution in [1.29, 1.82) is 0 Å². The van der Waals surface area contributed by atoms with Crippen LogP contribution < -0.4 is 0 Å². The van der Waals surface area contributed by atoms with Gasteiger partial charge >= 0.3 is 0 Å². The molecular formula is C27H21N5. The van der Waals surface area contributed by atoms with Crippen molar-refractivity contribution >= 4 is 0 Å². The van der Waals surface area contributed by atoms with Gasteiger partial charge in [0.1, 0.15) is 0 Å². The van der Waals surface area contributed by atoms with Gasteiger partial charge < -0.3 is 0 Å². The van der Waals surface area contributed by atoms with Gasteiger partial charge in [-0.2, -0.15) is 0 Å². The van der Waals surface area contributed by atoms with Crippen molar-refractivity contribution in [1.82, 2.24) is 24.9 Å². The Morgan fingerprint density at radius 2 is 0.656 bits per heavy atom. The zero-order valence-corrected chi connectivity index (χ0v) is 17.4. The zero-order valence-electron chi connectivity index (χ0n) is 17.4. The van der Waals surface area contributed by atoms with Gasteiger partial charge in [0.25, 0.3) is 0 Å².